The molecule has 0 fully saturated rings. The van der Waals surface area contributed by atoms with E-state index in [1.807, 2.05) is 18.2 Å². The number of rotatable bonds is 3. The van der Waals surface area contributed by atoms with Crippen LogP contribution in [0.2, 0.25) is 15.1 Å². The van der Waals surface area contributed by atoms with Crippen molar-refractivity contribution in [2.45, 2.75) is 12.5 Å². The van der Waals surface area contributed by atoms with Gasteiger partial charge in [0.15, 0.2) is 0 Å². The van der Waals surface area contributed by atoms with Crippen LogP contribution >= 0.6 is 34.8 Å². The van der Waals surface area contributed by atoms with Gasteiger partial charge in [0.1, 0.15) is 0 Å². The van der Waals surface area contributed by atoms with Crippen molar-refractivity contribution >= 4 is 34.8 Å². The van der Waals surface area contributed by atoms with Crippen LogP contribution in [0.3, 0.4) is 0 Å². The minimum Gasteiger partial charge on any atom is -0.324 e. The highest BCUT2D eigenvalue weighted by molar-refractivity contribution is 6.42. The van der Waals surface area contributed by atoms with Crippen molar-refractivity contribution in [3.05, 3.63) is 62.9 Å². The number of hydrogen-bond donors (Lipinski definition) is 1. The standard InChI is InChI=1S/C13H11Cl3N2/c14-10-2-1-8(5-11(10)15)6-13(17)9-3-4-18-7-12(9)16/h1-5,7,13H,6,17H2. The number of nitrogens with two attached hydrogens (primary N) is 1. The Morgan fingerprint density at radius 2 is 1.83 bits per heavy atom. The summed E-state index contributed by atoms with van der Waals surface area (Å²) in [5.74, 6) is 0. The molecule has 0 amide bonds. The van der Waals surface area contributed by atoms with E-state index in [2.05, 4.69) is 4.98 Å². The molecule has 1 aromatic carbocycles. The van der Waals surface area contributed by atoms with Crippen LogP contribution in [-0.4, -0.2) is 4.98 Å². The Morgan fingerprint density at radius 1 is 1.06 bits per heavy atom. The molecule has 2 rings (SSSR count). The number of benzene rings is 1. The first-order chi connectivity index (χ1) is 8.58. The first-order valence-electron chi connectivity index (χ1n) is 5.37. The van der Waals surface area contributed by atoms with Gasteiger partial charge in [0.05, 0.1) is 15.1 Å². The lowest BCUT2D eigenvalue weighted by Gasteiger charge is -2.13. The lowest BCUT2D eigenvalue weighted by molar-refractivity contribution is 0.721. The molecule has 2 nitrogen and oxygen atoms in total. The predicted molar refractivity (Wildman–Crippen MR) is 76.3 cm³/mol. The van der Waals surface area contributed by atoms with E-state index >= 15 is 0 Å². The highest BCUT2D eigenvalue weighted by Crippen LogP contribution is 2.26. The van der Waals surface area contributed by atoms with Crippen molar-refractivity contribution in [2.75, 3.05) is 0 Å². The zero-order valence-corrected chi connectivity index (χ0v) is 11.7. The van der Waals surface area contributed by atoms with Crippen molar-refractivity contribution < 1.29 is 0 Å². The zero-order valence-electron chi connectivity index (χ0n) is 9.41. The molecule has 0 saturated heterocycles. The second kappa shape index (κ2) is 5.89. The third-order valence-electron chi connectivity index (χ3n) is 2.64. The lowest BCUT2D eigenvalue weighted by Crippen LogP contribution is -2.14. The van der Waals surface area contributed by atoms with Crippen molar-refractivity contribution in [3.8, 4) is 0 Å². The fourth-order valence-electron chi connectivity index (χ4n) is 1.72. The van der Waals surface area contributed by atoms with E-state index in [1.54, 1.807) is 18.5 Å². The van der Waals surface area contributed by atoms with E-state index in [4.69, 9.17) is 40.5 Å². The molecule has 0 aliphatic carbocycles. The van der Waals surface area contributed by atoms with Gasteiger partial charge in [-0.1, -0.05) is 40.9 Å². The Morgan fingerprint density at radius 3 is 2.50 bits per heavy atom. The molecule has 94 valence electrons. The number of halogens is 3. The van der Waals surface area contributed by atoms with Gasteiger partial charge in [0, 0.05) is 18.4 Å². The Balaban J connectivity index is 2.19. The van der Waals surface area contributed by atoms with Gasteiger partial charge in [-0.05, 0) is 35.7 Å². The third-order valence-corrected chi connectivity index (χ3v) is 3.70. The average molecular weight is 302 g/mol. The summed E-state index contributed by atoms with van der Waals surface area (Å²) < 4.78 is 0. The van der Waals surface area contributed by atoms with E-state index in [0.717, 1.165) is 11.1 Å². The van der Waals surface area contributed by atoms with Gasteiger partial charge in [-0.2, -0.15) is 0 Å². The molecule has 2 N–H and O–H groups in total. The fourth-order valence-corrected chi connectivity index (χ4v) is 2.30. The van der Waals surface area contributed by atoms with Crippen LogP contribution in [0, 0.1) is 0 Å². The summed E-state index contributed by atoms with van der Waals surface area (Å²) >= 11 is 17.9. The Hall–Kier alpha value is -0.800. The van der Waals surface area contributed by atoms with Crippen molar-refractivity contribution in [1.82, 2.24) is 4.98 Å². The van der Waals surface area contributed by atoms with Gasteiger partial charge in [-0.15, -0.1) is 0 Å². The molecule has 0 saturated carbocycles. The Kier molecular flexibility index (Phi) is 4.46. The zero-order chi connectivity index (χ0) is 13.1. The molecular formula is C13H11Cl3N2. The molecule has 0 bridgehead atoms. The first-order valence-corrected chi connectivity index (χ1v) is 6.50. The molecule has 1 heterocycles. The minimum atomic E-state index is -0.197. The monoisotopic (exact) mass is 300 g/mol. The van der Waals surface area contributed by atoms with E-state index in [1.165, 1.54) is 0 Å². The minimum absolute atomic E-state index is 0.197. The number of aromatic nitrogens is 1. The molecule has 0 aliphatic rings. The highest BCUT2D eigenvalue weighted by atomic mass is 35.5. The maximum absolute atomic E-state index is 6.13. The summed E-state index contributed by atoms with van der Waals surface area (Å²) in [6.07, 6.45) is 3.90. The molecule has 1 atom stereocenters. The molecular weight excluding hydrogens is 291 g/mol. The lowest BCUT2D eigenvalue weighted by atomic mass is 10.0. The van der Waals surface area contributed by atoms with Crippen molar-refractivity contribution in [1.29, 1.82) is 0 Å². The van der Waals surface area contributed by atoms with Crippen LogP contribution in [0.4, 0.5) is 0 Å². The molecule has 0 radical (unpaired) electrons. The average Bonchev–Trinajstić information content (AvgIpc) is 2.34. The van der Waals surface area contributed by atoms with Crippen molar-refractivity contribution in [3.63, 3.8) is 0 Å². The molecule has 1 aromatic heterocycles. The quantitative estimate of drug-likeness (QED) is 0.918. The summed E-state index contributed by atoms with van der Waals surface area (Å²) in [6.45, 7) is 0. The van der Waals surface area contributed by atoms with E-state index in [-0.39, 0.29) is 6.04 Å². The van der Waals surface area contributed by atoms with Crippen LogP contribution < -0.4 is 5.73 Å². The molecule has 0 spiro atoms. The summed E-state index contributed by atoms with van der Waals surface area (Å²) in [5, 5.41) is 1.64. The summed E-state index contributed by atoms with van der Waals surface area (Å²) in [4.78, 5) is 3.93. The molecule has 0 aliphatic heterocycles. The molecule has 2 aromatic rings. The Labute approximate surface area is 121 Å². The summed E-state index contributed by atoms with van der Waals surface area (Å²) in [6, 6.07) is 7.12. The van der Waals surface area contributed by atoms with Gasteiger partial charge in [-0.3, -0.25) is 4.98 Å². The molecule has 1 unspecified atom stereocenters. The fraction of sp³-hybridized carbons (Fsp3) is 0.154. The predicted octanol–water partition coefficient (Wildman–Crippen LogP) is 4.28. The van der Waals surface area contributed by atoms with E-state index < -0.39 is 0 Å². The summed E-state index contributed by atoms with van der Waals surface area (Å²) in [5.41, 5.74) is 8.02. The smallest absolute Gasteiger partial charge is 0.0637 e. The number of nitrogens with zero attached hydrogens (tertiary/aromatic N) is 1. The third kappa shape index (κ3) is 3.15. The van der Waals surface area contributed by atoms with Gasteiger partial charge < -0.3 is 5.73 Å². The summed E-state index contributed by atoms with van der Waals surface area (Å²) in [7, 11) is 0. The number of pyridine rings is 1. The first kappa shape index (κ1) is 13.6. The SMILES string of the molecule is NC(Cc1ccc(Cl)c(Cl)c1)c1ccncc1Cl. The largest absolute Gasteiger partial charge is 0.324 e. The van der Waals surface area contributed by atoms with Gasteiger partial charge in [-0.25, -0.2) is 0 Å². The van der Waals surface area contributed by atoms with Crippen LogP contribution in [0.1, 0.15) is 17.2 Å². The van der Waals surface area contributed by atoms with Crippen molar-refractivity contribution in [2.24, 2.45) is 5.73 Å². The highest BCUT2D eigenvalue weighted by Gasteiger charge is 2.11. The Bertz CT molecular complexity index is 558. The van der Waals surface area contributed by atoms with Gasteiger partial charge in [0.25, 0.3) is 0 Å². The molecule has 18 heavy (non-hydrogen) atoms. The van der Waals surface area contributed by atoms with Crippen LogP contribution in [0.15, 0.2) is 36.7 Å². The number of hydrogen-bond acceptors (Lipinski definition) is 2. The van der Waals surface area contributed by atoms with Crippen LogP contribution in [-0.2, 0) is 6.42 Å². The normalized spacial score (nSPS) is 12.4. The second-order valence-electron chi connectivity index (χ2n) is 3.96. The maximum Gasteiger partial charge on any atom is 0.0637 e. The molecule has 5 heteroatoms. The maximum atomic E-state index is 6.13. The van der Waals surface area contributed by atoms with E-state index in [0.29, 0.717) is 21.5 Å². The van der Waals surface area contributed by atoms with Crippen LogP contribution in [0.5, 0.6) is 0 Å². The van der Waals surface area contributed by atoms with E-state index in [9.17, 15) is 0 Å². The second-order valence-corrected chi connectivity index (χ2v) is 5.18. The van der Waals surface area contributed by atoms with Gasteiger partial charge in [0.2, 0.25) is 0 Å². The topological polar surface area (TPSA) is 38.9 Å². The van der Waals surface area contributed by atoms with Gasteiger partial charge >= 0.3 is 0 Å². The van der Waals surface area contributed by atoms with Crippen LogP contribution in [0.25, 0.3) is 0 Å².